The Hall–Kier alpha value is -3.42. The quantitative estimate of drug-likeness (QED) is 0.706. The molecule has 0 fully saturated rings. The van der Waals surface area contributed by atoms with Crippen molar-refractivity contribution in [3.63, 3.8) is 0 Å². The fraction of sp³-hybridized carbons (Fsp3) is 0.300. The maximum absolute atomic E-state index is 12.5. The summed E-state index contributed by atoms with van der Waals surface area (Å²) in [7, 11) is 0. The molecule has 0 aromatic heterocycles. The topological polar surface area (TPSA) is 83.5 Å². The SMILES string of the molecule is CCN(Cc1ccc2c(c1)OCO2)C(=O)COC(=O)c1ccc2c(c1)OCO2. The lowest BCUT2D eigenvalue weighted by Crippen LogP contribution is -2.34. The van der Waals surface area contributed by atoms with Gasteiger partial charge in [-0.3, -0.25) is 4.79 Å². The van der Waals surface area contributed by atoms with Crippen molar-refractivity contribution < 1.29 is 33.3 Å². The lowest BCUT2D eigenvalue weighted by Gasteiger charge is -2.21. The van der Waals surface area contributed by atoms with E-state index in [1.165, 1.54) is 0 Å². The largest absolute Gasteiger partial charge is 0.454 e. The highest BCUT2D eigenvalue weighted by atomic mass is 16.7. The average Bonchev–Trinajstić information content (AvgIpc) is 3.37. The van der Waals surface area contributed by atoms with Crippen LogP contribution in [0, 0.1) is 0 Å². The molecule has 8 heteroatoms. The van der Waals surface area contributed by atoms with Crippen LogP contribution in [0.25, 0.3) is 0 Å². The maximum Gasteiger partial charge on any atom is 0.338 e. The molecule has 28 heavy (non-hydrogen) atoms. The van der Waals surface area contributed by atoms with Crippen LogP contribution in [0.15, 0.2) is 36.4 Å². The Labute approximate surface area is 161 Å². The zero-order valence-corrected chi connectivity index (χ0v) is 15.3. The molecule has 4 rings (SSSR count). The molecule has 0 radical (unpaired) electrons. The summed E-state index contributed by atoms with van der Waals surface area (Å²) in [6.07, 6.45) is 0. The number of hydrogen-bond acceptors (Lipinski definition) is 7. The van der Waals surface area contributed by atoms with Gasteiger partial charge in [0.1, 0.15) is 0 Å². The van der Waals surface area contributed by atoms with Gasteiger partial charge in [-0.05, 0) is 42.8 Å². The molecule has 0 bridgehead atoms. The first-order valence-electron chi connectivity index (χ1n) is 8.87. The fourth-order valence-corrected chi connectivity index (χ4v) is 2.96. The summed E-state index contributed by atoms with van der Waals surface area (Å²) in [5, 5.41) is 0. The molecular weight excluding hydrogens is 366 g/mol. The van der Waals surface area contributed by atoms with Crippen molar-refractivity contribution in [1.29, 1.82) is 0 Å². The van der Waals surface area contributed by atoms with Crippen molar-refractivity contribution in [3.05, 3.63) is 47.5 Å². The van der Waals surface area contributed by atoms with Gasteiger partial charge in [-0.1, -0.05) is 6.07 Å². The molecule has 2 aromatic carbocycles. The molecule has 0 saturated carbocycles. The van der Waals surface area contributed by atoms with Gasteiger partial charge in [-0.25, -0.2) is 4.79 Å². The predicted octanol–water partition coefficient (Wildman–Crippen LogP) is 2.35. The van der Waals surface area contributed by atoms with Gasteiger partial charge >= 0.3 is 5.97 Å². The molecule has 0 atom stereocenters. The molecule has 0 spiro atoms. The van der Waals surface area contributed by atoms with E-state index in [1.54, 1.807) is 23.1 Å². The minimum Gasteiger partial charge on any atom is -0.454 e. The molecule has 8 nitrogen and oxygen atoms in total. The number of likely N-dealkylation sites (N-methyl/N-ethyl adjacent to an activating group) is 1. The summed E-state index contributed by atoms with van der Waals surface area (Å²) in [6, 6.07) is 10.3. The second kappa shape index (κ2) is 7.67. The monoisotopic (exact) mass is 385 g/mol. The Morgan fingerprint density at radius 3 is 2.29 bits per heavy atom. The fourth-order valence-electron chi connectivity index (χ4n) is 2.96. The Morgan fingerprint density at radius 2 is 1.57 bits per heavy atom. The van der Waals surface area contributed by atoms with Crippen LogP contribution < -0.4 is 18.9 Å². The van der Waals surface area contributed by atoms with Crippen molar-refractivity contribution in [1.82, 2.24) is 4.90 Å². The van der Waals surface area contributed by atoms with Crippen LogP contribution in [0.4, 0.5) is 0 Å². The first-order valence-corrected chi connectivity index (χ1v) is 8.87. The van der Waals surface area contributed by atoms with E-state index in [0.29, 0.717) is 41.7 Å². The summed E-state index contributed by atoms with van der Waals surface area (Å²) in [5.41, 5.74) is 1.21. The van der Waals surface area contributed by atoms with E-state index in [1.807, 2.05) is 25.1 Å². The van der Waals surface area contributed by atoms with Crippen LogP contribution in [-0.2, 0) is 16.1 Å². The lowest BCUT2D eigenvalue weighted by molar-refractivity contribution is -0.134. The first kappa shape index (κ1) is 18.0. The van der Waals surface area contributed by atoms with Crippen LogP contribution in [0.2, 0.25) is 0 Å². The van der Waals surface area contributed by atoms with Crippen LogP contribution in [0.1, 0.15) is 22.8 Å². The smallest absolute Gasteiger partial charge is 0.338 e. The normalized spacial score (nSPS) is 13.3. The number of benzene rings is 2. The van der Waals surface area contributed by atoms with Crippen molar-refractivity contribution in [3.8, 4) is 23.0 Å². The zero-order valence-electron chi connectivity index (χ0n) is 15.3. The average molecular weight is 385 g/mol. The minimum absolute atomic E-state index is 0.123. The van der Waals surface area contributed by atoms with Crippen molar-refractivity contribution >= 4 is 11.9 Å². The number of carbonyl (C=O) groups is 2. The molecular formula is C20H19NO7. The van der Waals surface area contributed by atoms with E-state index in [2.05, 4.69) is 0 Å². The number of carbonyl (C=O) groups excluding carboxylic acids is 2. The predicted molar refractivity (Wildman–Crippen MR) is 96.5 cm³/mol. The Balaban J connectivity index is 1.34. The summed E-state index contributed by atoms with van der Waals surface area (Å²) in [4.78, 5) is 26.3. The number of fused-ring (bicyclic) bond motifs is 2. The molecule has 2 heterocycles. The summed E-state index contributed by atoms with van der Waals surface area (Å²) in [6.45, 7) is 2.71. The maximum atomic E-state index is 12.5. The number of hydrogen-bond donors (Lipinski definition) is 0. The van der Waals surface area contributed by atoms with Gasteiger partial charge in [-0.2, -0.15) is 0 Å². The lowest BCUT2D eigenvalue weighted by atomic mass is 10.2. The number of nitrogens with zero attached hydrogens (tertiary/aromatic N) is 1. The Kier molecular flexibility index (Phi) is 4.92. The molecule has 146 valence electrons. The van der Waals surface area contributed by atoms with Crippen LogP contribution in [-0.4, -0.2) is 43.5 Å². The number of amides is 1. The van der Waals surface area contributed by atoms with Crippen LogP contribution in [0.3, 0.4) is 0 Å². The highest BCUT2D eigenvalue weighted by Gasteiger charge is 2.20. The van der Waals surface area contributed by atoms with Crippen molar-refractivity contribution in [2.75, 3.05) is 26.7 Å². The summed E-state index contributed by atoms with van der Waals surface area (Å²) >= 11 is 0. The number of esters is 1. The van der Waals surface area contributed by atoms with Gasteiger partial charge in [0.05, 0.1) is 5.56 Å². The van der Waals surface area contributed by atoms with E-state index >= 15 is 0 Å². The molecule has 0 aliphatic carbocycles. The van der Waals surface area contributed by atoms with E-state index in [4.69, 9.17) is 23.7 Å². The van der Waals surface area contributed by atoms with Crippen molar-refractivity contribution in [2.24, 2.45) is 0 Å². The highest BCUT2D eigenvalue weighted by molar-refractivity contribution is 5.92. The Bertz CT molecular complexity index is 911. The molecule has 2 aromatic rings. The summed E-state index contributed by atoms with van der Waals surface area (Å²) < 4.78 is 26.3. The summed E-state index contributed by atoms with van der Waals surface area (Å²) in [5.74, 6) is 1.54. The third kappa shape index (κ3) is 3.66. The molecule has 2 aliphatic heterocycles. The van der Waals surface area contributed by atoms with E-state index in [9.17, 15) is 9.59 Å². The zero-order chi connectivity index (χ0) is 19.5. The second-order valence-electron chi connectivity index (χ2n) is 6.24. The first-order chi connectivity index (χ1) is 13.6. The van der Waals surface area contributed by atoms with Gasteiger partial charge in [0, 0.05) is 13.1 Å². The second-order valence-corrected chi connectivity index (χ2v) is 6.24. The van der Waals surface area contributed by atoms with Gasteiger partial charge in [0.2, 0.25) is 13.6 Å². The van der Waals surface area contributed by atoms with Crippen molar-refractivity contribution in [2.45, 2.75) is 13.5 Å². The van der Waals surface area contributed by atoms with Gasteiger partial charge < -0.3 is 28.6 Å². The molecule has 2 aliphatic rings. The van der Waals surface area contributed by atoms with E-state index in [-0.39, 0.29) is 26.1 Å². The minimum atomic E-state index is -0.592. The van der Waals surface area contributed by atoms with Gasteiger partial charge in [0.25, 0.3) is 5.91 Å². The van der Waals surface area contributed by atoms with E-state index in [0.717, 1.165) is 5.56 Å². The standard InChI is InChI=1S/C20H19NO7/c1-2-21(9-13-3-5-15-17(7-13)27-11-25-15)19(22)10-24-20(23)14-4-6-16-18(8-14)28-12-26-16/h3-8H,2,9-12H2,1H3. The van der Waals surface area contributed by atoms with E-state index < -0.39 is 5.97 Å². The molecule has 0 saturated heterocycles. The highest BCUT2D eigenvalue weighted by Crippen LogP contribution is 2.33. The number of rotatable bonds is 6. The third-order valence-corrected chi connectivity index (χ3v) is 4.48. The third-order valence-electron chi connectivity index (χ3n) is 4.48. The van der Waals surface area contributed by atoms with Crippen LogP contribution in [0.5, 0.6) is 23.0 Å². The molecule has 0 N–H and O–H groups in total. The number of ether oxygens (including phenoxy) is 5. The van der Waals surface area contributed by atoms with Gasteiger partial charge in [-0.15, -0.1) is 0 Å². The molecule has 0 unspecified atom stereocenters. The van der Waals surface area contributed by atoms with Gasteiger partial charge in [0.15, 0.2) is 29.6 Å². The molecule has 1 amide bonds. The van der Waals surface area contributed by atoms with Crippen LogP contribution >= 0.6 is 0 Å². The Morgan fingerprint density at radius 1 is 0.929 bits per heavy atom.